The first-order chi connectivity index (χ1) is 16.0. The number of esters is 1. The molecule has 9 nitrogen and oxygen atoms in total. The fraction of sp³-hybridized carbons (Fsp3) is 0.583. The number of nitrogens with zero attached hydrogens (tertiary/aromatic N) is 2. The van der Waals surface area contributed by atoms with Crippen molar-refractivity contribution in [2.75, 3.05) is 44.6 Å². The first-order valence-corrected chi connectivity index (χ1v) is 11.9. The number of rotatable bonds is 8. The molecule has 180 valence electrons. The Morgan fingerprint density at radius 3 is 2.42 bits per heavy atom. The molecule has 2 aliphatic rings. The average molecular weight is 459 g/mol. The summed E-state index contributed by atoms with van der Waals surface area (Å²) in [5.74, 6) is -1.08. The van der Waals surface area contributed by atoms with Gasteiger partial charge in [-0.25, -0.2) is 0 Å². The maximum Gasteiger partial charge on any atom is 0.308 e. The zero-order chi connectivity index (χ0) is 23.6. The van der Waals surface area contributed by atoms with Gasteiger partial charge in [-0.2, -0.15) is 0 Å². The van der Waals surface area contributed by atoms with E-state index in [1.807, 2.05) is 11.8 Å². The molecule has 2 saturated heterocycles. The average Bonchev–Trinajstić information content (AvgIpc) is 3.12. The van der Waals surface area contributed by atoms with Gasteiger partial charge in [0.2, 0.25) is 11.8 Å². The largest absolute Gasteiger partial charge is 0.466 e. The third kappa shape index (κ3) is 6.94. The van der Waals surface area contributed by atoms with E-state index < -0.39 is 12.0 Å². The van der Waals surface area contributed by atoms with Crippen molar-refractivity contribution in [2.24, 2.45) is 0 Å². The third-order valence-corrected chi connectivity index (χ3v) is 5.95. The summed E-state index contributed by atoms with van der Waals surface area (Å²) in [6.07, 6.45) is 4.95. The molecule has 0 aliphatic carbocycles. The number of amides is 3. The molecule has 0 spiro atoms. The standard InChI is InChI=1S/C24H34N4O5/c1-2-15-33-22(30)16-20-23(31)25-11-14-28(20)21(29)17-26-19-9-7-18(8-10-19)24(32)27-12-5-3-4-6-13-27/h7-10,20,26H,2-6,11-17H2,1H3,(H,25,31). The van der Waals surface area contributed by atoms with Crippen LogP contribution in [-0.4, -0.2) is 78.9 Å². The van der Waals surface area contributed by atoms with Crippen LogP contribution in [0.25, 0.3) is 0 Å². The van der Waals surface area contributed by atoms with E-state index in [0.29, 0.717) is 37.4 Å². The number of carbonyl (C=O) groups excluding carboxylic acids is 4. The van der Waals surface area contributed by atoms with Crippen LogP contribution in [0.2, 0.25) is 0 Å². The maximum absolute atomic E-state index is 12.8. The highest BCUT2D eigenvalue weighted by molar-refractivity contribution is 5.95. The topological polar surface area (TPSA) is 108 Å². The summed E-state index contributed by atoms with van der Waals surface area (Å²) in [7, 11) is 0. The molecule has 3 rings (SSSR count). The van der Waals surface area contributed by atoms with Gasteiger partial charge >= 0.3 is 5.97 Å². The van der Waals surface area contributed by atoms with Crippen molar-refractivity contribution in [2.45, 2.75) is 51.5 Å². The molecule has 0 saturated carbocycles. The summed E-state index contributed by atoms with van der Waals surface area (Å²) in [5, 5.41) is 5.76. The fourth-order valence-electron chi connectivity index (χ4n) is 4.12. The Labute approximate surface area is 194 Å². The SMILES string of the molecule is CCCOC(=O)CC1C(=O)NCCN1C(=O)CNc1ccc(C(=O)N2CCCCCC2)cc1. The molecule has 9 heteroatoms. The van der Waals surface area contributed by atoms with E-state index in [2.05, 4.69) is 10.6 Å². The van der Waals surface area contributed by atoms with Gasteiger partial charge in [0.1, 0.15) is 6.04 Å². The van der Waals surface area contributed by atoms with Crippen molar-refractivity contribution in [1.29, 1.82) is 0 Å². The molecule has 1 atom stereocenters. The van der Waals surface area contributed by atoms with Gasteiger partial charge in [-0.3, -0.25) is 19.2 Å². The number of hydrogen-bond acceptors (Lipinski definition) is 6. The summed E-state index contributed by atoms with van der Waals surface area (Å²) in [4.78, 5) is 53.1. The van der Waals surface area contributed by atoms with E-state index in [4.69, 9.17) is 4.74 Å². The second-order valence-electron chi connectivity index (χ2n) is 8.46. The van der Waals surface area contributed by atoms with Crippen LogP contribution in [0.4, 0.5) is 5.69 Å². The number of nitrogens with one attached hydrogen (secondary N) is 2. The number of anilines is 1. The van der Waals surface area contributed by atoms with E-state index in [0.717, 1.165) is 25.9 Å². The lowest BCUT2D eigenvalue weighted by Gasteiger charge is -2.34. The Morgan fingerprint density at radius 2 is 1.76 bits per heavy atom. The van der Waals surface area contributed by atoms with E-state index in [1.165, 1.54) is 17.7 Å². The molecule has 0 aromatic heterocycles. The number of likely N-dealkylation sites (tertiary alicyclic amines) is 1. The van der Waals surface area contributed by atoms with Gasteiger partial charge in [0, 0.05) is 37.4 Å². The number of piperazine rings is 1. The lowest BCUT2D eigenvalue weighted by Crippen LogP contribution is -2.58. The van der Waals surface area contributed by atoms with Crippen molar-refractivity contribution in [3.63, 3.8) is 0 Å². The van der Waals surface area contributed by atoms with Crippen molar-refractivity contribution in [1.82, 2.24) is 15.1 Å². The van der Waals surface area contributed by atoms with Crippen molar-refractivity contribution < 1.29 is 23.9 Å². The molecular formula is C24H34N4O5. The highest BCUT2D eigenvalue weighted by Crippen LogP contribution is 2.16. The zero-order valence-electron chi connectivity index (χ0n) is 19.3. The monoisotopic (exact) mass is 458 g/mol. The predicted octanol–water partition coefficient (Wildman–Crippen LogP) is 1.79. The van der Waals surface area contributed by atoms with Gasteiger partial charge in [-0.05, 0) is 43.5 Å². The van der Waals surface area contributed by atoms with E-state index >= 15 is 0 Å². The second kappa shape index (κ2) is 12.2. The molecule has 0 radical (unpaired) electrons. The Kier molecular flexibility index (Phi) is 9.09. The fourth-order valence-corrected chi connectivity index (χ4v) is 4.12. The maximum atomic E-state index is 12.8. The number of ether oxygens (including phenoxy) is 1. The third-order valence-electron chi connectivity index (χ3n) is 5.95. The van der Waals surface area contributed by atoms with Crippen molar-refractivity contribution in [3.8, 4) is 0 Å². The van der Waals surface area contributed by atoms with Crippen molar-refractivity contribution in [3.05, 3.63) is 29.8 Å². The molecule has 2 N–H and O–H groups in total. The lowest BCUT2D eigenvalue weighted by molar-refractivity contribution is -0.151. The number of benzene rings is 1. The molecule has 2 aliphatic heterocycles. The lowest BCUT2D eigenvalue weighted by atomic mass is 10.1. The number of carbonyl (C=O) groups is 4. The minimum atomic E-state index is -0.869. The summed E-state index contributed by atoms with van der Waals surface area (Å²) in [6.45, 7) is 4.43. The summed E-state index contributed by atoms with van der Waals surface area (Å²) < 4.78 is 5.08. The van der Waals surface area contributed by atoms with Gasteiger partial charge in [0.25, 0.3) is 5.91 Å². The molecule has 33 heavy (non-hydrogen) atoms. The predicted molar refractivity (Wildman–Crippen MR) is 124 cm³/mol. The van der Waals surface area contributed by atoms with E-state index in [-0.39, 0.29) is 30.7 Å². The van der Waals surface area contributed by atoms with Crippen molar-refractivity contribution >= 4 is 29.4 Å². The van der Waals surface area contributed by atoms with E-state index in [1.54, 1.807) is 24.3 Å². The smallest absolute Gasteiger partial charge is 0.308 e. The Bertz CT molecular complexity index is 834. The van der Waals surface area contributed by atoms with Gasteiger partial charge in [0.15, 0.2) is 0 Å². The van der Waals surface area contributed by atoms with Gasteiger partial charge < -0.3 is 25.2 Å². The van der Waals surface area contributed by atoms with Crippen LogP contribution in [0.15, 0.2) is 24.3 Å². The first kappa shape index (κ1) is 24.5. The Hall–Kier alpha value is -3.10. The van der Waals surface area contributed by atoms with Gasteiger partial charge in [-0.1, -0.05) is 19.8 Å². The summed E-state index contributed by atoms with van der Waals surface area (Å²) in [5.41, 5.74) is 1.34. The quantitative estimate of drug-likeness (QED) is 0.575. The highest BCUT2D eigenvalue weighted by Gasteiger charge is 2.34. The first-order valence-electron chi connectivity index (χ1n) is 11.9. The van der Waals surface area contributed by atoms with Crippen LogP contribution >= 0.6 is 0 Å². The molecular weight excluding hydrogens is 424 g/mol. The molecule has 2 heterocycles. The normalized spacial score (nSPS) is 18.8. The minimum Gasteiger partial charge on any atom is -0.466 e. The minimum absolute atomic E-state index is 0.0206. The molecule has 3 amide bonds. The zero-order valence-corrected chi connectivity index (χ0v) is 19.3. The van der Waals surface area contributed by atoms with Gasteiger partial charge in [0.05, 0.1) is 19.6 Å². The van der Waals surface area contributed by atoms with Crippen LogP contribution in [0.3, 0.4) is 0 Å². The summed E-state index contributed by atoms with van der Waals surface area (Å²) >= 11 is 0. The Balaban J connectivity index is 1.54. The van der Waals surface area contributed by atoms with Gasteiger partial charge in [-0.15, -0.1) is 0 Å². The second-order valence-corrected chi connectivity index (χ2v) is 8.46. The molecule has 1 aromatic carbocycles. The van der Waals surface area contributed by atoms with Crippen LogP contribution in [0.1, 0.15) is 55.8 Å². The van der Waals surface area contributed by atoms with Crippen LogP contribution < -0.4 is 10.6 Å². The highest BCUT2D eigenvalue weighted by atomic mass is 16.5. The number of hydrogen-bond donors (Lipinski definition) is 2. The van der Waals surface area contributed by atoms with Crippen LogP contribution in [0, 0.1) is 0 Å². The molecule has 2 fully saturated rings. The van der Waals surface area contributed by atoms with Crippen LogP contribution in [-0.2, 0) is 19.1 Å². The molecule has 1 unspecified atom stereocenters. The Morgan fingerprint density at radius 1 is 1.06 bits per heavy atom. The molecule has 0 bridgehead atoms. The summed E-state index contributed by atoms with van der Waals surface area (Å²) in [6, 6.07) is 6.22. The van der Waals surface area contributed by atoms with Crippen LogP contribution in [0.5, 0.6) is 0 Å². The molecule has 1 aromatic rings. The van der Waals surface area contributed by atoms with E-state index in [9.17, 15) is 19.2 Å².